The number of esters is 2. The molecule has 54 heavy (non-hydrogen) atoms. The summed E-state index contributed by atoms with van der Waals surface area (Å²) in [5.74, 6) is 3.47. The zero-order valence-corrected chi connectivity index (χ0v) is 37.8. The maximum absolute atomic E-state index is 12.8. The molecule has 1 N–H and O–H groups in total. The third-order valence-electron chi connectivity index (χ3n) is 11.5. The van der Waals surface area contributed by atoms with Crippen molar-refractivity contribution < 1.29 is 23.9 Å². The van der Waals surface area contributed by atoms with Crippen molar-refractivity contribution in [2.24, 2.45) is 35.5 Å². The standard InChI is InChI=1S/C47H92N2O5/c1-38(2)28-30-42(40(5)6)36-53-45(51)26-22-18-14-12-16-20-24-33-47(9,48-44(50)32-35-49(10)11)34-25-21-17-13-15-19-23-27-46(52)54-37-43(41(7)8)31-29-39(3)4/h38-43H,12-37H2,1-11H3,(H,48,50). The van der Waals surface area contributed by atoms with E-state index in [9.17, 15) is 14.4 Å². The van der Waals surface area contributed by atoms with Crippen LogP contribution in [0.25, 0.3) is 0 Å². The predicted molar refractivity (Wildman–Crippen MR) is 230 cm³/mol. The van der Waals surface area contributed by atoms with Gasteiger partial charge in [-0.2, -0.15) is 0 Å². The number of hydrogen-bond acceptors (Lipinski definition) is 6. The fraction of sp³-hybridized carbons (Fsp3) is 0.936. The molecule has 0 aliphatic heterocycles. The van der Waals surface area contributed by atoms with Gasteiger partial charge in [0.2, 0.25) is 5.91 Å². The van der Waals surface area contributed by atoms with Crippen molar-refractivity contribution in [1.82, 2.24) is 10.2 Å². The van der Waals surface area contributed by atoms with Crippen LogP contribution in [0.2, 0.25) is 0 Å². The van der Waals surface area contributed by atoms with Crippen molar-refractivity contribution in [2.45, 2.75) is 216 Å². The van der Waals surface area contributed by atoms with Gasteiger partial charge in [-0.15, -0.1) is 0 Å². The molecule has 0 fully saturated rings. The van der Waals surface area contributed by atoms with Crippen molar-refractivity contribution >= 4 is 17.8 Å². The van der Waals surface area contributed by atoms with Gasteiger partial charge >= 0.3 is 11.9 Å². The van der Waals surface area contributed by atoms with Crippen molar-refractivity contribution in [3.8, 4) is 0 Å². The van der Waals surface area contributed by atoms with Crippen LogP contribution >= 0.6 is 0 Å². The molecule has 0 saturated carbocycles. The molecule has 0 aromatic carbocycles. The second-order valence-corrected chi connectivity index (χ2v) is 18.9. The Bertz CT molecular complexity index is 873. The summed E-state index contributed by atoms with van der Waals surface area (Å²) in [6.07, 6.45) is 24.0. The minimum atomic E-state index is -0.156. The molecule has 320 valence electrons. The summed E-state index contributed by atoms with van der Waals surface area (Å²) >= 11 is 0. The minimum absolute atomic E-state index is 0.0333. The monoisotopic (exact) mass is 765 g/mol. The number of hydrogen-bond donors (Lipinski definition) is 1. The van der Waals surface area contributed by atoms with E-state index in [-0.39, 0.29) is 23.4 Å². The molecular formula is C47H92N2O5. The maximum Gasteiger partial charge on any atom is 0.305 e. The van der Waals surface area contributed by atoms with Crippen LogP contribution in [0.15, 0.2) is 0 Å². The van der Waals surface area contributed by atoms with Crippen molar-refractivity contribution in [3.05, 3.63) is 0 Å². The first-order chi connectivity index (χ1) is 25.5. The largest absolute Gasteiger partial charge is 0.465 e. The van der Waals surface area contributed by atoms with Gasteiger partial charge < -0.3 is 19.7 Å². The number of unbranched alkanes of at least 4 members (excludes halogenated alkanes) is 12. The van der Waals surface area contributed by atoms with E-state index < -0.39 is 0 Å². The van der Waals surface area contributed by atoms with Crippen molar-refractivity contribution in [2.75, 3.05) is 33.9 Å². The van der Waals surface area contributed by atoms with Gasteiger partial charge in [-0.05, 0) is 95.1 Å². The smallest absolute Gasteiger partial charge is 0.305 e. The summed E-state index contributed by atoms with van der Waals surface area (Å²) < 4.78 is 11.3. The highest BCUT2D eigenvalue weighted by molar-refractivity contribution is 5.76. The fourth-order valence-electron chi connectivity index (χ4n) is 7.17. The average Bonchev–Trinajstić information content (AvgIpc) is 3.08. The van der Waals surface area contributed by atoms with Crippen LogP contribution in [0.4, 0.5) is 0 Å². The maximum atomic E-state index is 12.8. The second-order valence-electron chi connectivity index (χ2n) is 18.9. The third-order valence-corrected chi connectivity index (χ3v) is 11.5. The molecule has 0 radical (unpaired) electrons. The number of rotatable bonds is 36. The molecule has 0 rings (SSSR count). The molecule has 0 heterocycles. The van der Waals surface area contributed by atoms with Crippen molar-refractivity contribution in [1.29, 1.82) is 0 Å². The predicted octanol–water partition coefficient (Wildman–Crippen LogP) is 12.3. The lowest BCUT2D eigenvalue weighted by Crippen LogP contribution is -2.46. The molecule has 1 amide bonds. The van der Waals surface area contributed by atoms with E-state index >= 15 is 0 Å². The number of nitrogens with one attached hydrogen (secondary N) is 1. The minimum Gasteiger partial charge on any atom is -0.465 e. The van der Waals surface area contributed by atoms with E-state index in [4.69, 9.17) is 9.47 Å². The van der Waals surface area contributed by atoms with Gasteiger partial charge in [0.15, 0.2) is 0 Å². The Kier molecular flexibility index (Phi) is 31.5. The van der Waals surface area contributed by atoms with E-state index in [0.717, 1.165) is 83.6 Å². The summed E-state index contributed by atoms with van der Waals surface area (Å²) in [4.78, 5) is 39.5. The van der Waals surface area contributed by atoms with Crippen LogP contribution in [0.1, 0.15) is 210 Å². The molecular weight excluding hydrogens is 673 g/mol. The van der Waals surface area contributed by atoms with Crippen LogP contribution in [0, 0.1) is 35.5 Å². The van der Waals surface area contributed by atoms with Gasteiger partial charge in [0.05, 0.1) is 13.2 Å². The molecule has 7 heteroatoms. The summed E-state index contributed by atoms with van der Waals surface area (Å²) in [6.45, 7) is 22.1. The second kappa shape index (κ2) is 32.5. The van der Waals surface area contributed by atoms with Gasteiger partial charge in [-0.3, -0.25) is 14.4 Å². The quantitative estimate of drug-likeness (QED) is 0.0505. The summed E-state index contributed by atoms with van der Waals surface area (Å²) in [6, 6.07) is 0. The van der Waals surface area contributed by atoms with E-state index in [1.54, 1.807) is 0 Å². The van der Waals surface area contributed by atoms with Crippen LogP contribution in [0.3, 0.4) is 0 Å². The van der Waals surface area contributed by atoms with Gasteiger partial charge in [0.25, 0.3) is 0 Å². The topological polar surface area (TPSA) is 84.9 Å². The first kappa shape index (κ1) is 52.4. The first-order valence-corrected chi connectivity index (χ1v) is 22.8. The molecule has 2 unspecified atom stereocenters. The molecule has 0 aliphatic carbocycles. The molecule has 7 nitrogen and oxygen atoms in total. The highest BCUT2D eigenvalue weighted by Crippen LogP contribution is 2.25. The lowest BCUT2D eigenvalue weighted by molar-refractivity contribution is -0.146. The Labute approximate surface area is 336 Å². The summed E-state index contributed by atoms with van der Waals surface area (Å²) in [5.41, 5.74) is -0.156. The van der Waals surface area contributed by atoms with E-state index in [2.05, 4.69) is 72.5 Å². The number of ether oxygens (including phenoxy) is 2. The van der Waals surface area contributed by atoms with Crippen LogP contribution in [0.5, 0.6) is 0 Å². The van der Waals surface area contributed by atoms with Crippen molar-refractivity contribution in [3.63, 3.8) is 0 Å². The van der Waals surface area contributed by atoms with Gasteiger partial charge in [0, 0.05) is 31.3 Å². The number of nitrogens with zero attached hydrogens (tertiary/aromatic N) is 1. The Morgan fingerprint density at radius 3 is 1.20 bits per heavy atom. The molecule has 2 atom stereocenters. The van der Waals surface area contributed by atoms with Gasteiger partial charge in [-0.25, -0.2) is 0 Å². The summed E-state index contributed by atoms with van der Waals surface area (Å²) in [7, 11) is 4.03. The Balaban J connectivity index is 4.31. The van der Waals surface area contributed by atoms with Crippen LogP contribution in [-0.2, 0) is 23.9 Å². The zero-order valence-electron chi connectivity index (χ0n) is 37.8. The Hall–Kier alpha value is -1.63. The molecule has 0 spiro atoms. The van der Waals surface area contributed by atoms with Gasteiger partial charge in [0.1, 0.15) is 0 Å². The van der Waals surface area contributed by atoms with E-state index in [1.807, 2.05) is 14.1 Å². The molecule has 0 saturated heterocycles. The Morgan fingerprint density at radius 2 is 0.870 bits per heavy atom. The molecule has 0 bridgehead atoms. The highest BCUT2D eigenvalue weighted by atomic mass is 16.5. The molecule has 0 aliphatic rings. The lowest BCUT2D eigenvalue weighted by atomic mass is 9.87. The fourth-order valence-corrected chi connectivity index (χ4v) is 7.17. The average molecular weight is 765 g/mol. The lowest BCUT2D eigenvalue weighted by Gasteiger charge is -2.32. The molecule has 0 aromatic rings. The normalized spacial score (nSPS) is 14.2. The first-order valence-electron chi connectivity index (χ1n) is 22.8. The zero-order chi connectivity index (χ0) is 40.8. The summed E-state index contributed by atoms with van der Waals surface area (Å²) in [5, 5.41) is 3.42. The SMILES string of the molecule is CC(C)CCC(COC(=O)CCCCCCCCCC(C)(CCCCCCCCCC(=O)OCC(CCC(C)C)C(C)C)NC(=O)CCN(C)C)C(C)C. The number of amides is 1. The van der Waals surface area contributed by atoms with E-state index in [1.165, 1.54) is 51.4 Å². The van der Waals surface area contributed by atoms with Crippen LogP contribution in [-0.4, -0.2) is 62.1 Å². The third kappa shape index (κ3) is 31.6. The van der Waals surface area contributed by atoms with Crippen LogP contribution < -0.4 is 5.32 Å². The number of carbonyl (C=O) groups is 3. The van der Waals surface area contributed by atoms with Gasteiger partial charge in [-0.1, -0.05) is 145 Å². The Morgan fingerprint density at radius 1 is 0.519 bits per heavy atom. The highest BCUT2D eigenvalue weighted by Gasteiger charge is 2.25. The molecule has 0 aromatic heterocycles. The number of carbonyl (C=O) groups excluding carboxylic acids is 3. The van der Waals surface area contributed by atoms with E-state index in [0.29, 0.717) is 68.0 Å².